The van der Waals surface area contributed by atoms with E-state index in [1.165, 1.54) is 0 Å². The molecule has 124 valence electrons. The van der Waals surface area contributed by atoms with Gasteiger partial charge in [-0.05, 0) is 46.8 Å². The Morgan fingerprint density at radius 1 is 1.52 bits per heavy atom. The largest absolute Gasteiger partial charge is 0.444 e. The number of hydrogen-bond donors (Lipinski definition) is 2. The Balaban J connectivity index is 2.50. The molecule has 0 aliphatic carbocycles. The zero-order valence-electron chi connectivity index (χ0n) is 13.9. The molecule has 0 radical (unpaired) electrons. The normalized spacial score (nSPS) is 22.8. The molecule has 1 amide bonds. The molecular formula is C15H30N2O3S. The smallest absolute Gasteiger partial charge is 0.410 e. The Morgan fingerprint density at radius 3 is 2.71 bits per heavy atom. The first-order chi connectivity index (χ1) is 9.76. The zero-order chi connectivity index (χ0) is 16.0. The number of rotatable bonds is 5. The lowest BCUT2D eigenvalue weighted by Gasteiger charge is -2.36. The summed E-state index contributed by atoms with van der Waals surface area (Å²) in [5, 5.41) is 13.1. The van der Waals surface area contributed by atoms with E-state index in [2.05, 4.69) is 12.2 Å². The quantitative estimate of drug-likeness (QED) is 0.813. The number of aliphatic hydroxyl groups excluding tert-OH is 1. The van der Waals surface area contributed by atoms with E-state index >= 15 is 0 Å². The molecule has 2 N–H and O–H groups in total. The zero-order valence-corrected chi connectivity index (χ0v) is 14.7. The summed E-state index contributed by atoms with van der Waals surface area (Å²) < 4.78 is 5.44. The Bertz CT molecular complexity index is 329. The minimum Gasteiger partial charge on any atom is -0.444 e. The van der Waals surface area contributed by atoms with Crippen LogP contribution >= 0.6 is 11.8 Å². The van der Waals surface area contributed by atoms with Crippen LogP contribution < -0.4 is 5.32 Å². The van der Waals surface area contributed by atoms with Crippen LogP contribution in [0.4, 0.5) is 4.79 Å². The molecule has 1 aliphatic heterocycles. The summed E-state index contributed by atoms with van der Waals surface area (Å²) in [6.45, 7) is 9.34. The van der Waals surface area contributed by atoms with E-state index in [9.17, 15) is 9.90 Å². The molecule has 0 saturated carbocycles. The Kier molecular flexibility index (Phi) is 7.30. The van der Waals surface area contributed by atoms with Crippen molar-refractivity contribution in [2.45, 2.75) is 63.5 Å². The van der Waals surface area contributed by atoms with Crippen molar-refractivity contribution in [1.29, 1.82) is 0 Å². The van der Waals surface area contributed by atoms with Gasteiger partial charge in [-0.15, -0.1) is 0 Å². The van der Waals surface area contributed by atoms with Crippen LogP contribution in [-0.2, 0) is 4.74 Å². The number of carbonyl (C=O) groups excluding carboxylic acids is 1. The molecule has 5 nitrogen and oxygen atoms in total. The van der Waals surface area contributed by atoms with E-state index in [0.29, 0.717) is 6.54 Å². The first-order valence-corrected chi connectivity index (χ1v) is 8.93. The van der Waals surface area contributed by atoms with Gasteiger partial charge >= 0.3 is 6.09 Å². The molecule has 0 bridgehead atoms. The third-order valence-electron chi connectivity index (χ3n) is 3.61. The Labute approximate surface area is 132 Å². The van der Waals surface area contributed by atoms with Gasteiger partial charge < -0.3 is 20.1 Å². The van der Waals surface area contributed by atoms with Gasteiger partial charge in [0.1, 0.15) is 5.60 Å². The Morgan fingerprint density at radius 2 is 2.19 bits per heavy atom. The first-order valence-electron chi connectivity index (χ1n) is 7.64. The average molecular weight is 318 g/mol. The summed E-state index contributed by atoms with van der Waals surface area (Å²) in [4.78, 5) is 13.9. The van der Waals surface area contributed by atoms with Gasteiger partial charge in [-0.1, -0.05) is 0 Å². The number of piperidine rings is 1. The van der Waals surface area contributed by atoms with Crippen molar-refractivity contribution in [2.75, 3.05) is 26.0 Å². The number of nitrogens with one attached hydrogen (secondary N) is 1. The van der Waals surface area contributed by atoms with Crippen LogP contribution in [0.25, 0.3) is 0 Å². The number of hydrogen-bond acceptors (Lipinski definition) is 5. The van der Waals surface area contributed by atoms with E-state index < -0.39 is 5.60 Å². The van der Waals surface area contributed by atoms with Gasteiger partial charge in [0.15, 0.2) is 0 Å². The molecule has 1 rings (SSSR count). The average Bonchev–Trinajstić information content (AvgIpc) is 2.38. The lowest BCUT2D eigenvalue weighted by molar-refractivity contribution is 0.0183. The predicted molar refractivity (Wildman–Crippen MR) is 87.8 cm³/mol. The number of thioether (sulfide) groups is 1. The second-order valence-corrected chi connectivity index (χ2v) is 7.75. The predicted octanol–water partition coefficient (Wildman–Crippen LogP) is 2.09. The van der Waals surface area contributed by atoms with Crippen molar-refractivity contribution in [3.05, 3.63) is 0 Å². The number of nitrogens with zero attached hydrogens (tertiary/aromatic N) is 1. The van der Waals surface area contributed by atoms with Crippen molar-refractivity contribution in [3.63, 3.8) is 0 Å². The molecule has 0 aromatic carbocycles. The first kappa shape index (κ1) is 18.6. The highest BCUT2D eigenvalue weighted by atomic mass is 32.2. The van der Waals surface area contributed by atoms with Gasteiger partial charge in [-0.2, -0.15) is 11.8 Å². The van der Waals surface area contributed by atoms with Gasteiger partial charge in [-0.25, -0.2) is 4.79 Å². The minimum atomic E-state index is -0.453. The molecule has 6 heteroatoms. The van der Waals surface area contributed by atoms with Crippen LogP contribution in [0.15, 0.2) is 0 Å². The summed E-state index contributed by atoms with van der Waals surface area (Å²) in [5.74, 6) is 0. The van der Waals surface area contributed by atoms with E-state index in [-0.39, 0.29) is 30.0 Å². The fraction of sp³-hybridized carbons (Fsp3) is 0.933. The molecule has 0 spiro atoms. The van der Waals surface area contributed by atoms with Gasteiger partial charge in [0.25, 0.3) is 0 Å². The second-order valence-electron chi connectivity index (χ2n) is 6.68. The molecule has 1 fully saturated rings. The molecule has 21 heavy (non-hydrogen) atoms. The number of carbonyl (C=O) groups is 1. The Hall–Kier alpha value is -0.460. The topological polar surface area (TPSA) is 61.8 Å². The lowest BCUT2D eigenvalue weighted by atomic mass is 10.0. The highest BCUT2D eigenvalue weighted by Gasteiger charge is 2.29. The van der Waals surface area contributed by atoms with Crippen LogP contribution in [-0.4, -0.2) is 65.0 Å². The molecule has 1 saturated heterocycles. The van der Waals surface area contributed by atoms with E-state index in [4.69, 9.17) is 4.74 Å². The fourth-order valence-corrected chi connectivity index (χ4v) is 3.16. The standard InChI is InChI=1S/C15H30N2O3S/c1-11(13(10-18)21-5)16-12-7-6-8-17(9-12)14(19)20-15(2,3)4/h11-13,16,18H,6-10H2,1-5H3. The molecule has 0 aromatic heterocycles. The molecule has 3 unspecified atom stereocenters. The maximum Gasteiger partial charge on any atom is 0.410 e. The van der Waals surface area contributed by atoms with Crippen LogP contribution in [0.3, 0.4) is 0 Å². The van der Waals surface area contributed by atoms with Gasteiger partial charge in [0, 0.05) is 30.4 Å². The SMILES string of the molecule is CSC(CO)C(C)NC1CCCN(C(=O)OC(C)(C)C)C1. The maximum atomic E-state index is 12.1. The molecular weight excluding hydrogens is 288 g/mol. The molecule has 1 aliphatic rings. The summed E-state index contributed by atoms with van der Waals surface area (Å²) in [5.41, 5.74) is -0.453. The summed E-state index contributed by atoms with van der Waals surface area (Å²) >= 11 is 1.66. The minimum absolute atomic E-state index is 0.165. The van der Waals surface area contributed by atoms with Crippen LogP contribution in [0, 0.1) is 0 Å². The van der Waals surface area contributed by atoms with Crippen molar-refractivity contribution >= 4 is 17.9 Å². The van der Waals surface area contributed by atoms with Crippen LogP contribution in [0.1, 0.15) is 40.5 Å². The monoisotopic (exact) mass is 318 g/mol. The second kappa shape index (κ2) is 8.25. The van der Waals surface area contributed by atoms with Crippen molar-refractivity contribution in [3.8, 4) is 0 Å². The van der Waals surface area contributed by atoms with Gasteiger partial charge in [0.2, 0.25) is 0 Å². The third-order valence-corrected chi connectivity index (χ3v) is 4.77. The summed E-state index contributed by atoms with van der Waals surface area (Å²) in [6.07, 6.45) is 3.81. The van der Waals surface area contributed by atoms with E-state index in [1.807, 2.05) is 27.0 Å². The number of ether oxygens (including phenoxy) is 1. The number of aliphatic hydroxyl groups is 1. The van der Waals surface area contributed by atoms with E-state index in [1.54, 1.807) is 16.7 Å². The van der Waals surface area contributed by atoms with E-state index in [0.717, 1.165) is 19.4 Å². The van der Waals surface area contributed by atoms with Crippen LogP contribution in [0.2, 0.25) is 0 Å². The fourth-order valence-electron chi connectivity index (χ4n) is 2.52. The maximum absolute atomic E-state index is 12.1. The lowest BCUT2D eigenvalue weighted by Crippen LogP contribution is -2.53. The summed E-state index contributed by atoms with van der Waals surface area (Å²) in [7, 11) is 0. The van der Waals surface area contributed by atoms with Gasteiger partial charge in [0.05, 0.1) is 6.61 Å². The molecule has 0 aromatic rings. The third kappa shape index (κ3) is 6.45. The van der Waals surface area contributed by atoms with Crippen molar-refractivity contribution in [2.24, 2.45) is 0 Å². The highest BCUT2D eigenvalue weighted by Crippen LogP contribution is 2.17. The van der Waals surface area contributed by atoms with Gasteiger partial charge in [-0.3, -0.25) is 0 Å². The number of likely N-dealkylation sites (tertiary alicyclic amines) is 1. The van der Waals surface area contributed by atoms with Crippen molar-refractivity contribution < 1.29 is 14.6 Å². The van der Waals surface area contributed by atoms with Crippen molar-refractivity contribution in [1.82, 2.24) is 10.2 Å². The van der Waals surface area contributed by atoms with Crippen LogP contribution in [0.5, 0.6) is 0 Å². The molecule has 3 atom stereocenters. The summed E-state index contributed by atoms with van der Waals surface area (Å²) in [6, 6.07) is 0.482. The number of amides is 1. The highest BCUT2D eigenvalue weighted by molar-refractivity contribution is 7.99. The molecule has 1 heterocycles.